The molecule has 4 heteroatoms. The molecular weight excluding hydrogens is 244 g/mol. The standard InChI is InChI=1S/C14H16N2OS/c17-12-14(9-5-2-6-10-14)16(13(18)15-12)11-7-3-1-4-8-11/h1,3-4,7-8H,2,5-6,9-10H2,(H,15,17,18). The number of benzene rings is 1. The van der Waals surface area contributed by atoms with E-state index in [9.17, 15) is 4.79 Å². The second-order valence-electron chi connectivity index (χ2n) is 5.02. The van der Waals surface area contributed by atoms with E-state index in [0.29, 0.717) is 5.11 Å². The van der Waals surface area contributed by atoms with Crippen LogP contribution < -0.4 is 10.2 Å². The summed E-state index contributed by atoms with van der Waals surface area (Å²) in [6, 6.07) is 9.98. The van der Waals surface area contributed by atoms with E-state index in [1.54, 1.807) is 0 Å². The van der Waals surface area contributed by atoms with Gasteiger partial charge in [0.25, 0.3) is 5.91 Å². The molecule has 1 spiro atoms. The summed E-state index contributed by atoms with van der Waals surface area (Å²) in [5, 5.41) is 3.39. The molecule has 1 aromatic rings. The summed E-state index contributed by atoms with van der Waals surface area (Å²) in [5.41, 5.74) is 0.583. The van der Waals surface area contributed by atoms with E-state index >= 15 is 0 Å². The summed E-state index contributed by atoms with van der Waals surface area (Å²) in [7, 11) is 0. The number of carbonyl (C=O) groups is 1. The van der Waals surface area contributed by atoms with E-state index in [1.807, 2.05) is 35.2 Å². The maximum absolute atomic E-state index is 12.3. The van der Waals surface area contributed by atoms with Crippen molar-refractivity contribution in [2.45, 2.75) is 37.6 Å². The summed E-state index contributed by atoms with van der Waals surface area (Å²) in [5.74, 6) is 0.0797. The zero-order valence-electron chi connectivity index (χ0n) is 10.2. The molecule has 94 valence electrons. The Morgan fingerprint density at radius 2 is 1.78 bits per heavy atom. The molecule has 0 unspecified atom stereocenters. The Labute approximate surface area is 112 Å². The lowest BCUT2D eigenvalue weighted by molar-refractivity contribution is -0.124. The Bertz CT molecular complexity index is 480. The summed E-state index contributed by atoms with van der Waals surface area (Å²) in [6.45, 7) is 0. The van der Waals surface area contributed by atoms with Crippen LogP contribution in [0, 0.1) is 0 Å². The van der Waals surface area contributed by atoms with Crippen LogP contribution in [0.25, 0.3) is 0 Å². The topological polar surface area (TPSA) is 32.3 Å². The van der Waals surface area contributed by atoms with Crippen LogP contribution in [0.15, 0.2) is 30.3 Å². The van der Waals surface area contributed by atoms with E-state index in [-0.39, 0.29) is 5.91 Å². The third kappa shape index (κ3) is 1.63. The van der Waals surface area contributed by atoms with Crippen molar-refractivity contribution in [3.63, 3.8) is 0 Å². The minimum atomic E-state index is -0.434. The molecular formula is C14H16N2OS. The third-order valence-electron chi connectivity index (χ3n) is 3.97. The van der Waals surface area contributed by atoms with Crippen molar-refractivity contribution in [1.29, 1.82) is 0 Å². The Morgan fingerprint density at radius 3 is 2.44 bits per heavy atom. The molecule has 1 amide bonds. The van der Waals surface area contributed by atoms with Gasteiger partial charge < -0.3 is 10.2 Å². The molecule has 1 saturated carbocycles. The molecule has 1 aliphatic heterocycles. The normalized spacial score (nSPS) is 22.3. The first-order valence-corrected chi connectivity index (χ1v) is 6.86. The predicted molar refractivity (Wildman–Crippen MR) is 75.5 cm³/mol. The fourth-order valence-corrected chi connectivity index (χ4v) is 3.47. The van der Waals surface area contributed by atoms with E-state index in [2.05, 4.69) is 5.32 Å². The largest absolute Gasteiger partial charge is 0.303 e. The number of hydrogen-bond donors (Lipinski definition) is 1. The molecule has 1 aromatic carbocycles. The van der Waals surface area contributed by atoms with E-state index in [1.165, 1.54) is 6.42 Å². The molecule has 2 fully saturated rings. The van der Waals surface area contributed by atoms with Gasteiger partial charge in [-0.3, -0.25) is 4.79 Å². The highest BCUT2D eigenvalue weighted by Crippen LogP contribution is 2.39. The molecule has 0 bridgehead atoms. The fourth-order valence-electron chi connectivity index (χ4n) is 3.09. The van der Waals surface area contributed by atoms with Crippen LogP contribution in [0.4, 0.5) is 5.69 Å². The van der Waals surface area contributed by atoms with Gasteiger partial charge in [-0.05, 0) is 37.2 Å². The first-order valence-electron chi connectivity index (χ1n) is 6.45. The van der Waals surface area contributed by atoms with Gasteiger partial charge in [0.15, 0.2) is 5.11 Å². The molecule has 1 heterocycles. The zero-order valence-corrected chi connectivity index (χ0v) is 11.0. The van der Waals surface area contributed by atoms with Crippen molar-refractivity contribution < 1.29 is 4.79 Å². The Kier molecular flexibility index (Phi) is 2.82. The van der Waals surface area contributed by atoms with Crippen molar-refractivity contribution in [2.75, 3.05) is 4.90 Å². The van der Waals surface area contributed by atoms with Crippen LogP contribution in [0.5, 0.6) is 0 Å². The van der Waals surface area contributed by atoms with Gasteiger partial charge in [0, 0.05) is 5.69 Å². The smallest absolute Gasteiger partial charge is 0.252 e. The summed E-state index contributed by atoms with van der Waals surface area (Å²) in [4.78, 5) is 14.3. The highest BCUT2D eigenvalue weighted by atomic mass is 32.1. The highest BCUT2D eigenvalue weighted by Gasteiger charge is 2.51. The highest BCUT2D eigenvalue weighted by molar-refractivity contribution is 7.80. The second-order valence-corrected chi connectivity index (χ2v) is 5.41. The molecule has 18 heavy (non-hydrogen) atoms. The minimum Gasteiger partial charge on any atom is -0.303 e. The number of hydrogen-bond acceptors (Lipinski definition) is 2. The van der Waals surface area contributed by atoms with Crippen molar-refractivity contribution >= 4 is 28.9 Å². The number of anilines is 1. The number of para-hydroxylation sites is 1. The van der Waals surface area contributed by atoms with E-state index < -0.39 is 5.54 Å². The number of rotatable bonds is 1. The van der Waals surface area contributed by atoms with Crippen LogP contribution in [0.2, 0.25) is 0 Å². The third-order valence-corrected chi connectivity index (χ3v) is 4.25. The quantitative estimate of drug-likeness (QED) is 0.788. The minimum absolute atomic E-state index is 0.0797. The molecule has 0 radical (unpaired) electrons. The molecule has 3 rings (SSSR count). The van der Waals surface area contributed by atoms with Crippen LogP contribution in [-0.2, 0) is 4.79 Å². The monoisotopic (exact) mass is 260 g/mol. The molecule has 1 saturated heterocycles. The predicted octanol–water partition coefficient (Wildman–Crippen LogP) is 2.61. The van der Waals surface area contributed by atoms with Gasteiger partial charge in [-0.15, -0.1) is 0 Å². The number of thiocarbonyl (C=S) groups is 1. The van der Waals surface area contributed by atoms with Gasteiger partial charge in [0.05, 0.1) is 0 Å². The fraction of sp³-hybridized carbons (Fsp3) is 0.429. The maximum atomic E-state index is 12.3. The molecule has 0 aromatic heterocycles. The maximum Gasteiger partial charge on any atom is 0.252 e. The lowest BCUT2D eigenvalue weighted by Crippen LogP contribution is -2.51. The SMILES string of the molecule is O=C1NC(=S)N(c2ccccc2)C12CCCCC2. The van der Waals surface area contributed by atoms with Gasteiger partial charge in [0.2, 0.25) is 0 Å². The second kappa shape index (κ2) is 4.35. The van der Waals surface area contributed by atoms with Crippen molar-refractivity contribution in [3.8, 4) is 0 Å². The zero-order chi connectivity index (χ0) is 12.6. The number of nitrogens with zero attached hydrogens (tertiary/aromatic N) is 1. The average Bonchev–Trinajstić information content (AvgIpc) is 2.63. The summed E-state index contributed by atoms with van der Waals surface area (Å²) < 4.78 is 0. The van der Waals surface area contributed by atoms with Gasteiger partial charge in [-0.1, -0.05) is 37.5 Å². The number of carbonyl (C=O) groups excluding carboxylic acids is 1. The Balaban J connectivity index is 2.04. The Hall–Kier alpha value is -1.42. The molecule has 1 aliphatic carbocycles. The van der Waals surface area contributed by atoms with Gasteiger partial charge in [-0.25, -0.2) is 0 Å². The van der Waals surface area contributed by atoms with Gasteiger partial charge >= 0.3 is 0 Å². The Morgan fingerprint density at radius 1 is 1.11 bits per heavy atom. The van der Waals surface area contributed by atoms with Crippen LogP contribution in [0.1, 0.15) is 32.1 Å². The summed E-state index contributed by atoms with van der Waals surface area (Å²) >= 11 is 5.35. The van der Waals surface area contributed by atoms with Crippen molar-refractivity contribution in [1.82, 2.24) is 5.32 Å². The molecule has 1 N–H and O–H groups in total. The summed E-state index contributed by atoms with van der Waals surface area (Å²) in [6.07, 6.45) is 5.20. The van der Waals surface area contributed by atoms with E-state index in [0.717, 1.165) is 31.4 Å². The number of nitrogens with one attached hydrogen (secondary N) is 1. The number of amides is 1. The lowest BCUT2D eigenvalue weighted by atomic mass is 9.80. The van der Waals surface area contributed by atoms with Crippen LogP contribution in [0.3, 0.4) is 0 Å². The molecule has 2 aliphatic rings. The van der Waals surface area contributed by atoms with E-state index in [4.69, 9.17) is 12.2 Å². The first-order chi connectivity index (χ1) is 8.74. The first kappa shape index (κ1) is 11.7. The van der Waals surface area contributed by atoms with Crippen molar-refractivity contribution in [2.24, 2.45) is 0 Å². The van der Waals surface area contributed by atoms with Crippen LogP contribution in [-0.4, -0.2) is 16.6 Å². The van der Waals surface area contributed by atoms with Crippen molar-refractivity contribution in [3.05, 3.63) is 30.3 Å². The van der Waals surface area contributed by atoms with Gasteiger partial charge in [0.1, 0.15) is 5.54 Å². The molecule has 0 atom stereocenters. The van der Waals surface area contributed by atoms with Crippen LogP contribution >= 0.6 is 12.2 Å². The molecule has 3 nitrogen and oxygen atoms in total. The van der Waals surface area contributed by atoms with Gasteiger partial charge in [-0.2, -0.15) is 0 Å². The lowest BCUT2D eigenvalue weighted by Gasteiger charge is -2.39. The average molecular weight is 260 g/mol.